The number of hydrogen-bond acceptors (Lipinski definition) is 4. The highest BCUT2D eigenvalue weighted by Gasteiger charge is 2.33. The molecule has 2 rings (SSSR count). The first kappa shape index (κ1) is 15.8. The van der Waals surface area contributed by atoms with Gasteiger partial charge in [-0.1, -0.05) is 12.8 Å². The molecule has 20 heavy (non-hydrogen) atoms. The number of ether oxygens (including phenoxy) is 1. The van der Waals surface area contributed by atoms with Gasteiger partial charge in [-0.05, 0) is 41.8 Å². The topological polar surface area (TPSA) is 56.3 Å². The number of aromatic nitrogens is 1. The predicted octanol–water partition coefficient (Wildman–Crippen LogP) is 3.13. The van der Waals surface area contributed by atoms with Gasteiger partial charge in [0.05, 0.1) is 17.6 Å². The summed E-state index contributed by atoms with van der Waals surface area (Å²) in [5, 5.41) is -0.271. The Hall–Kier alpha value is -0.620. The van der Waals surface area contributed by atoms with Crippen LogP contribution in [0.25, 0.3) is 0 Å². The quantitative estimate of drug-likeness (QED) is 0.826. The summed E-state index contributed by atoms with van der Waals surface area (Å²) in [6.07, 6.45) is 5.06. The monoisotopic (exact) mass is 361 g/mol. The van der Waals surface area contributed by atoms with E-state index < -0.39 is 9.84 Å². The van der Waals surface area contributed by atoms with Crippen molar-refractivity contribution in [3.05, 3.63) is 22.3 Å². The minimum atomic E-state index is -3.00. The van der Waals surface area contributed by atoms with Crippen molar-refractivity contribution < 1.29 is 13.2 Å². The molecule has 0 aliphatic heterocycles. The molecule has 1 saturated carbocycles. The van der Waals surface area contributed by atoms with Crippen LogP contribution in [0.4, 0.5) is 0 Å². The second-order valence-electron chi connectivity index (χ2n) is 5.44. The van der Waals surface area contributed by atoms with Gasteiger partial charge in [-0.25, -0.2) is 13.4 Å². The van der Waals surface area contributed by atoms with Crippen LogP contribution in [-0.2, 0) is 9.84 Å². The lowest BCUT2D eigenvalue weighted by molar-refractivity contribution is 0.204. The van der Waals surface area contributed by atoms with E-state index in [2.05, 4.69) is 20.9 Å². The normalized spacial score (nSPS) is 23.6. The van der Waals surface area contributed by atoms with E-state index in [-0.39, 0.29) is 11.2 Å². The SMILES string of the molecule is Cc1nc(OC[C@@H]2CCCC[C@@H]2S(C)(=O)=O)ccc1Br. The Morgan fingerprint density at radius 3 is 2.70 bits per heavy atom. The van der Waals surface area contributed by atoms with Crippen LogP contribution in [0.2, 0.25) is 0 Å². The first-order valence-electron chi connectivity index (χ1n) is 6.83. The molecule has 0 N–H and O–H groups in total. The minimum absolute atomic E-state index is 0.0736. The Balaban J connectivity index is 2.02. The fourth-order valence-electron chi connectivity index (χ4n) is 2.72. The summed E-state index contributed by atoms with van der Waals surface area (Å²) in [6, 6.07) is 3.70. The number of pyridine rings is 1. The van der Waals surface area contributed by atoms with E-state index in [0.717, 1.165) is 35.8 Å². The summed E-state index contributed by atoms with van der Waals surface area (Å²) in [5.41, 5.74) is 0.866. The molecule has 1 aromatic rings. The summed E-state index contributed by atoms with van der Waals surface area (Å²) in [4.78, 5) is 4.33. The molecule has 0 spiro atoms. The number of nitrogens with zero attached hydrogens (tertiary/aromatic N) is 1. The van der Waals surface area contributed by atoms with Crippen LogP contribution in [0, 0.1) is 12.8 Å². The van der Waals surface area contributed by atoms with E-state index in [9.17, 15) is 8.42 Å². The second-order valence-corrected chi connectivity index (χ2v) is 8.56. The Morgan fingerprint density at radius 1 is 1.35 bits per heavy atom. The zero-order valence-electron chi connectivity index (χ0n) is 11.8. The Kier molecular flexibility index (Phi) is 5.07. The molecule has 1 heterocycles. The lowest BCUT2D eigenvalue weighted by Crippen LogP contribution is -2.35. The number of hydrogen-bond donors (Lipinski definition) is 0. The highest BCUT2D eigenvalue weighted by atomic mass is 79.9. The Bertz CT molecular complexity index is 574. The van der Waals surface area contributed by atoms with Gasteiger partial charge in [-0.2, -0.15) is 0 Å². The predicted molar refractivity (Wildman–Crippen MR) is 82.8 cm³/mol. The smallest absolute Gasteiger partial charge is 0.213 e. The second kappa shape index (κ2) is 6.43. The van der Waals surface area contributed by atoms with Crippen molar-refractivity contribution in [3.8, 4) is 5.88 Å². The molecule has 0 saturated heterocycles. The lowest BCUT2D eigenvalue weighted by Gasteiger charge is -2.29. The van der Waals surface area contributed by atoms with E-state index in [0.29, 0.717) is 12.5 Å². The maximum Gasteiger partial charge on any atom is 0.213 e. The molecule has 112 valence electrons. The third-order valence-corrected chi connectivity index (χ3v) is 6.39. The fourth-order valence-corrected chi connectivity index (χ4v) is 4.45. The van der Waals surface area contributed by atoms with E-state index in [1.165, 1.54) is 6.26 Å². The number of rotatable bonds is 4. The molecule has 1 fully saturated rings. The summed E-state index contributed by atoms with van der Waals surface area (Å²) >= 11 is 3.40. The molecule has 0 unspecified atom stereocenters. The third-order valence-electron chi connectivity index (χ3n) is 3.83. The molecule has 0 amide bonds. The van der Waals surface area contributed by atoms with Crippen molar-refractivity contribution in [2.45, 2.75) is 37.9 Å². The van der Waals surface area contributed by atoms with Crippen LogP contribution in [0.3, 0.4) is 0 Å². The van der Waals surface area contributed by atoms with Gasteiger partial charge in [0.1, 0.15) is 0 Å². The average molecular weight is 362 g/mol. The number of aryl methyl sites for hydroxylation is 1. The van der Waals surface area contributed by atoms with Crippen molar-refractivity contribution in [3.63, 3.8) is 0 Å². The molecule has 4 nitrogen and oxygen atoms in total. The maximum atomic E-state index is 11.8. The summed E-state index contributed by atoms with van der Waals surface area (Å²) in [7, 11) is -3.00. The highest BCUT2D eigenvalue weighted by molar-refractivity contribution is 9.10. The van der Waals surface area contributed by atoms with Crippen LogP contribution >= 0.6 is 15.9 Å². The average Bonchev–Trinajstić information content (AvgIpc) is 2.39. The standard InChI is InChI=1S/C14H20BrNO3S/c1-10-12(15)7-8-14(16-10)19-9-11-5-3-4-6-13(11)20(2,17)18/h7-8,11,13H,3-6,9H2,1-2H3/t11-,13-/m0/s1. The van der Waals surface area contributed by atoms with E-state index >= 15 is 0 Å². The summed E-state index contributed by atoms with van der Waals surface area (Å²) in [5.74, 6) is 0.632. The number of halogens is 1. The molecular formula is C14H20BrNO3S. The summed E-state index contributed by atoms with van der Waals surface area (Å²) in [6.45, 7) is 2.32. The van der Waals surface area contributed by atoms with Crippen LogP contribution in [0.15, 0.2) is 16.6 Å². The maximum absolute atomic E-state index is 11.8. The molecule has 2 atom stereocenters. The lowest BCUT2D eigenvalue weighted by atomic mass is 9.89. The third kappa shape index (κ3) is 3.95. The van der Waals surface area contributed by atoms with Crippen LogP contribution in [0.5, 0.6) is 5.88 Å². The van der Waals surface area contributed by atoms with E-state index in [4.69, 9.17) is 4.74 Å². The summed E-state index contributed by atoms with van der Waals surface area (Å²) < 4.78 is 30.3. The van der Waals surface area contributed by atoms with Gasteiger partial charge < -0.3 is 4.74 Å². The zero-order chi connectivity index (χ0) is 14.8. The van der Waals surface area contributed by atoms with Crippen molar-refractivity contribution in [1.29, 1.82) is 0 Å². The van der Waals surface area contributed by atoms with Crippen LogP contribution < -0.4 is 4.74 Å². The molecule has 0 bridgehead atoms. The zero-order valence-corrected chi connectivity index (χ0v) is 14.2. The molecule has 6 heteroatoms. The van der Waals surface area contributed by atoms with Gasteiger partial charge in [0, 0.05) is 22.7 Å². The van der Waals surface area contributed by atoms with Gasteiger partial charge >= 0.3 is 0 Å². The molecule has 1 aromatic heterocycles. The van der Waals surface area contributed by atoms with Crippen molar-refractivity contribution in [2.24, 2.45) is 5.92 Å². The van der Waals surface area contributed by atoms with Crippen LogP contribution in [0.1, 0.15) is 31.4 Å². The van der Waals surface area contributed by atoms with E-state index in [1.54, 1.807) is 6.07 Å². The molecule has 1 aliphatic carbocycles. The van der Waals surface area contributed by atoms with Crippen molar-refractivity contribution >= 4 is 25.8 Å². The van der Waals surface area contributed by atoms with Gasteiger partial charge in [0.15, 0.2) is 9.84 Å². The van der Waals surface area contributed by atoms with Crippen LogP contribution in [-0.4, -0.2) is 31.5 Å². The van der Waals surface area contributed by atoms with Gasteiger partial charge in [0.2, 0.25) is 5.88 Å². The largest absolute Gasteiger partial charge is 0.477 e. The first-order chi connectivity index (χ1) is 9.38. The first-order valence-corrected chi connectivity index (χ1v) is 9.57. The Labute approximate surface area is 129 Å². The Morgan fingerprint density at radius 2 is 2.05 bits per heavy atom. The molecular weight excluding hydrogens is 342 g/mol. The minimum Gasteiger partial charge on any atom is -0.477 e. The van der Waals surface area contributed by atoms with Crippen molar-refractivity contribution in [1.82, 2.24) is 4.98 Å². The molecule has 0 radical (unpaired) electrons. The number of sulfone groups is 1. The van der Waals surface area contributed by atoms with Crippen molar-refractivity contribution in [2.75, 3.05) is 12.9 Å². The highest BCUT2D eigenvalue weighted by Crippen LogP contribution is 2.30. The van der Waals surface area contributed by atoms with E-state index in [1.807, 2.05) is 13.0 Å². The van der Waals surface area contributed by atoms with Gasteiger partial charge in [-0.3, -0.25) is 0 Å². The van der Waals surface area contributed by atoms with Gasteiger partial charge in [-0.15, -0.1) is 0 Å². The molecule has 1 aliphatic rings. The fraction of sp³-hybridized carbons (Fsp3) is 0.643. The van der Waals surface area contributed by atoms with Gasteiger partial charge in [0.25, 0.3) is 0 Å². The molecule has 0 aromatic carbocycles.